The van der Waals surface area contributed by atoms with Crippen LogP contribution in [0.3, 0.4) is 0 Å². The van der Waals surface area contributed by atoms with Crippen molar-refractivity contribution in [3.8, 4) is 0 Å². The first-order valence-electron chi connectivity index (χ1n) is 7.35. The third-order valence-electron chi connectivity index (χ3n) is 5.89. The van der Waals surface area contributed by atoms with Gasteiger partial charge in [-0.05, 0) is 68.1 Å². The molecule has 3 rings (SSSR count). The van der Waals surface area contributed by atoms with Crippen LogP contribution >= 0.6 is 0 Å². The van der Waals surface area contributed by atoms with Gasteiger partial charge in [0.1, 0.15) is 0 Å². The molecule has 0 aromatic carbocycles. The summed E-state index contributed by atoms with van der Waals surface area (Å²) in [5, 5.41) is 9.13. The van der Waals surface area contributed by atoms with Crippen LogP contribution < -0.4 is 0 Å². The number of rotatable bonds is 3. The zero-order valence-electron chi connectivity index (χ0n) is 11.4. The van der Waals surface area contributed by atoms with Crippen molar-refractivity contribution in [3.05, 3.63) is 17.6 Å². The average molecular weight is 247 g/mol. The van der Waals surface area contributed by atoms with E-state index in [9.17, 15) is 4.79 Å². The normalized spacial score (nSPS) is 43.4. The van der Waals surface area contributed by atoms with Crippen molar-refractivity contribution in [2.75, 3.05) is 0 Å². The Morgan fingerprint density at radius 1 is 1.50 bits per heavy atom. The molecule has 2 nitrogen and oxygen atoms in total. The molecule has 0 heterocycles. The maximum absolute atomic E-state index is 11.1. The molecule has 0 aromatic rings. The van der Waals surface area contributed by atoms with Crippen molar-refractivity contribution in [3.63, 3.8) is 0 Å². The van der Waals surface area contributed by atoms with Crippen LogP contribution in [0.1, 0.15) is 52.4 Å². The Bertz CT molecular complexity index is 398. The van der Waals surface area contributed by atoms with Gasteiger partial charge in [-0.1, -0.05) is 19.4 Å². The molecule has 3 aliphatic carbocycles. The van der Waals surface area contributed by atoms with Crippen molar-refractivity contribution in [2.24, 2.45) is 23.2 Å². The molecule has 4 atom stereocenters. The third-order valence-corrected chi connectivity index (χ3v) is 5.89. The number of carboxylic acid groups (broad SMARTS) is 1. The SMILES string of the molecule is CCC1(C=C(C)C(=O)O)C[C]2CC1C1CCCC21. The lowest BCUT2D eigenvalue weighted by Crippen LogP contribution is -2.33. The molecule has 3 fully saturated rings. The molecule has 3 saturated carbocycles. The molecule has 0 amide bonds. The molecule has 0 aliphatic heterocycles. The van der Waals surface area contributed by atoms with E-state index in [2.05, 4.69) is 13.0 Å². The van der Waals surface area contributed by atoms with Crippen LogP contribution in [0.2, 0.25) is 0 Å². The predicted octanol–water partition coefficient (Wildman–Crippen LogP) is 3.83. The highest BCUT2D eigenvalue weighted by atomic mass is 16.4. The fourth-order valence-electron chi connectivity index (χ4n) is 5.09. The predicted molar refractivity (Wildman–Crippen MR) is 70.9 cm³/mol. The monoisotopic (exact) mass is 247 g/mol. The quantitative estimate of drug-likeness (QED) is 0.770. The summed E-state index contributed by atoms with van der Waals surface area (Å²) < 4.78 is 0. The molecule has 0 spiro atoms. The van der Waals surface area contributed by atoms with Crippen molar-refractivity contribution in [1.29, 1.82) is 0 Å². The summed E-state index contributed by atoms with van der Waals surface area (Å²) in [6.07, 6.45) is 9.80. The van der Waals surface area contributed by atoms with E-state index in [0.717, 1.165) is 24.2 Å². The Kier molecular flexibility index (Phi) is 2.80. The van der Waals surface area contributed by atoms with Crippen molar-refractivity contribution in [1.82, 2.24) is 0 Å². The van der Waals surface area contributed by atoms with Gasteiger partial charge >= 0.3 is 5.97 Å². The smallest absolute Gasteiger partial charge is 0.330 e. The Labute approximate surface area is 109 Å². The van der Waals surface area contributed by atoms with E-state index in [4.69, 9.17) is 5.11 Å². The molecule has 1 N–H and O–H groups in total. The first kappa shape index (κ1) is 12.3. The van der Waals surface area contributed by atoms with Gasteiger partial charge in [0, 0.05) is 5.57 Å². The fraction of sp³-hybridized carbons (Fsp3) is 0.750. The summed E-state index contributed by atoms with van der Waals surface area (Å²) in [6, 6.07) is 0. The second-order valence-electron chi connectivity index (χ2n) is 6.57. The van der Waals surface area contributed by atoms with Crippen LogP contribution in [0.25, 0.3) is 0 Å². The van der Waals surface area contributed by atoms with Gasteiger partial charge in [0.05, 0.1) is 0 Å². The first-order chi connectivity index (χ1) is 8.57. The molecule has 1 radical (unpaired) electrons. The number of carbonyl (C=O) groups is 1. The molecule has 18 heavy (non-hydrogen) atoms. The minimum atomic E-state index is -0.751. The van der Waals surface area contributed by atoms with Crippen LogP contribution in [0.5, 0.6) is 0 Å². The lowest BCUT2D eigenvalue weighted by molar-refractivity contribution is -0.132. The lowest BCUT2D eigenvalue weighted by atomic mass is 9.64. The first-order valence-corrected chi connectivity index (χ1v) is 7.35. The fourth-order valence-corrected chi connectivity index (χ4v) is 5.09. The van der Waals surface area contributed by atoms with E-state index in [1.165, 1.54) is 32.1 Å². The minimum absolute atomic E-state index is 0.170. The van der Waals surface area contributed by atoms with Gasteiger partial charge in [0.2, 0.25) is 0 Å². The van der Waals surface area contributed by atoms with Crippen LogP contribution in [0.4, 0.5) is 0 Å². The summed E-state index contributed by atoms with van der Waals surface area (Å²) >= 11 is 0. The van der Waals surface area contributed by atoms with E-state index in [0.29, 0.717) is 5.57 Å². The topological polar surface area (TPSA) is 37.3 Å². The van der Waals surface area contributed by atoms with Crippen LogP contribution in [0.15, 0.2) is 11.6 Å². The number of aliphatic carboxylic acids is 1. The van der Waals surface area contributed by atoms with E-state index in [-0.39, 0.29) is 5.41 Å². The Morgan fingerprint density at radius 2 is 2.28 bits per heavy atom. The van der Waals surface area contributed by atoms with Gasteiger partial charge in [-0.3, -0.25) is 0 Å². The average Bonchev–Trinajstić information content (AvgIpc) is 2.99. The third kappa shape index (κ3) is 1.57. The van der Waals surface area contributed by atoms with Gasteiger partial charge in [-0.2, -0.15) is 0 Å². The number of hydrogen-bond acceptors (Lipinski definition) is 1. The number of carboxylic acids is 1. The second kappa shape index (κ2) is 4.11. The Balaban J connectivity index is 1.91. The molecule has 2 bridgehead atoms. The van der Waals surface area contributed by atoms with Crippen LogP contribution in [0, 0.1) is 29.1 Å². The molecule has 0 saturated heterocycles. The van der Waals surface area contributed by atoms with Gasteiger partial charge in [-0.25, -0.2) is 4.79 Å². The van der Waals surface area contributed by atoms with E-state index >= 15 is 0 Å². The summed E-state index contributed by atoms with van der Waals surface area (Å²) in [6.45, 7) is 3.99. The van der Waals surface area contributed by atoms with Crippen molar-refractivity contribution >= 4 is 5.97 Å². The van der Waals surface area contributed by atoms with E-state index in [1.807, 2.05) is 0 Å². The van der Waals surface area contributed by atoms with Gasteiger partial charge < -0.3 is 5.11 Å². The highest BCUT2D eigenvalue weighted by molar-refractivity contribution is 5.86. The van der Waals surface area contributed by atoms with Crippen LogP contribution in [-0.4, -0.2) is 11.1 Å². The van der Waals surface area contributed by atoms with Crippen molar-refractivity contribution in [2.45, 2.75) is 52.4 Å². The molecule has 0 aromatic heterocycles. The summed E-state index contributed by atoms with van der Waals surface area (Å²) in [4.78, 5) is 11.1. The summed E-state index contributed by atoms with van der Waals surface area (Å²) in [5.41, 5.74) is 0.711. The molecule has 4 unspecified atom stereocenters. The number of fused-ring (bicyclic) bond motifs is 5. The molecule has 3 aliphatic rings. The highest BCUT2D eigenvalue weighted by Gasteiger charge is 2.59. The Morgan fingerprint density at radius 3 is 2.94 bits per heavy atom. The minimum Gasteiger partial charge on any atom is -0.478 e. The standard InChI is InChI=1S/C16H23O2/c1-3-16(8-10(2)15(17)18)9-11-7-14(16)13-6-4-5-12(11)13/h8,12-14H,3-7,9H2,1-2H3,(H,17,18). The molecular formula is C16H23O2. The van der Waals surface area contributed by atoms with Gasteiger partial charge in [0.15, 0.2) is 0 Å². The molecule has 99 valence electrons. The summed E-state index contributed by atoms with van der Waals surface area (Å²) in [5.74, 6) is 3.51. The van der Waals surface area contributed by atoms with Crippen molar-refractivity contribution < 1.29 is 9.90 Å². The zero-order valence-corrected chi connectivity index (χ0v) is 11.4. The maximum Gasteiger partial charge on any atom is 0.330 e. The largest absolute Gasteiger partial charge is 0.478 e. The zero-order chi connectivity index (χ0) is 12.9. The lowest BCUT2D eigenvalue weighted by Gasteiger charge is -2.40. The molecule has 2 heteroatoms. The summed E-state index contributed by atoms with van der Waals surface area (Å²) in [7, 11) is 0. The number of hydrogen-bond donors (Lipinski definition) is 1. The van der Waals surface area contributed by atoms with Gasteiger partial charge in [0.25, 0.3) is 0 Å². The molecular weight excluding hydrogens is 224 g/mol. The van der Waals surface area contributed by atoms with E-state index in [1.54, 1.807) is 12.8 Å². The van der Waals surface area contributed by atoms with Crippen LogP contribution in [-0.2, 0) is 4.79 Å². The maximum atomic E-state index is 11.1. The second-order valence-corrected chi connectivity index (χ2v) is 6.57. The van der Waals surface area contributed by atoms with Gasteiger partial charge in [-0.15, -0.1) is 0 Å². The number of allylic oxidation sites excluding steroid dienone is 1. The highest BCUT2D eigenvalue weighted by Crippen LogP contribution is 2.68. The Hall–Kier alpha value is -0.790. The van der Waals surface area contributed by atoms with E-state index < -0.39 is 5.97 Å².